The fourth-order valence-corrected chi connectivity index (χ4v) is 2.26. The van der Waals surface area contributed by atoms with E-state index in [1.54, 1.807) is 24.0 Å². The van der Waals surface area contributed by atoms with Crippen LogP contribution in [-0.4, -0.2) is 47.1 Å². The van der Waals surface area contributed by atoms with Crippen LogP contribution in [0.2, 0.25) is 0 Å². The number of hydrogen-bond acceptors (Lipinski definition) is 4. The summed E-state index contributed by atoms with van der Waals surface area (Å²) in [5, 5.41) is 12.4. The minimum atomic E-state index is -0.645. The fraction of sp³-hybridized carbons (Fsp3) is 0.571. The summed E-state index contributed by atoms with van der Waals surface area (Å²) < 4.78 is 4.98. The van der Waals surface area contributed by atoms with Crippen molar-refractivity contribution in [3.05, 3.63) is 24.2 Å². The van der Waals surface area contributed by atoms with E-state index >= 15 is 0 Å². The van der Waals surface area contributed by atoms with E-state index in [1.165, 1.54) is 6.26 Å². The summed E-state index contributed by atoms with van der Waals surface area (Å²) in [6.07, 6.45) is 1.68. The molecule has 0 saturated carbocycles. The molecule has 0 spiro atoms. The minimum absolute atomic E-state index is 0.178. The van der Waals surface area contributed by atoms with Crippen molar-refractivity contribution in [1.29, 1.82) is 0 Å². The van der Waals surface area contributed by atoms with Crippen LogP contribution in [0.25, 0.3) is 0 Å². The number of carbonyl (C=O) groups excluding carboxylic acids is 2. The molecule has 0 radical (unpaired) electrons. The van der Waals surface area contributed by atoms with Crippen molar-refractivity contribution in [3.8, 4) is 0 Å². The first-order chi connectivity index (χ1) is 9.49. The summed E-state index contributed by atoms with van der Waals surface area (Å²) >= 11 is 0. The number of β-amino-alcohol motifs (C(OH)–C–C–N with tert-alkyl or cyclic N) is 1. The van der Waals surface area contributed by atoms with E-state index in [2.05, 4.69) is 5.32 Å². The number of hydrogen-bond donors (Lipinski definition) is 2. The number of amides is 2. The number of aliphatic hydroxyl groups is 1. The predicted octanol–water partition coefficient (Wildman–Crippen LogP) is 0.627. The number of aliphatic hydroxyl groups excluding tert-OH is 1. The van der Waals surface area contributed by atoms with Crippen LogP contribution >= 0.6 is 0 Å². The van der Waals surface area contributed by atoms with Crippen LogP contribution in [0.15, 0.2) is 22.8 Å². The lowest BCUT2D eigenvalue weighted by molar-refractivity contribution is -0.137. The van der Waals surface area contributed by atoms with Crippen molar-refractivity contribution in [2.75, 3.05) is 13.1 Å². The number of rotatable bonds is 3. The summed E-state index contributed by atoms with van der Waals surface area (Å²) in [6, 6.07) is 2.51. The first-order valence-electron chi connectivity index (χ1n) is 6.80. The number of furan rings is 1. The molecule has 1 saturated heterocycles. The minimum Gasteiger partial charge on any atom is -0.459 e. The second kappa shape index (κ2) is 6.09. The van der Waals surface area contributed by atoms with Crippen molar-refractivity contribution in [1.82, 2.24) is 10.2 Å². The van der Waals surface area contributed by atoms with Crippen molar-refractivity contribution in [2.45, 2.75) is 32.4 Å². The highest BCUT2D eigenvalue weighted by molar-refractivity contribution is 5.95. The molecular weight excluding hydrogens is 260 g/mol. The summed E-state index contributed by atoms with van der Waals surface area (Å²) in [7, 11) is 0. The number of piperidine rings is 1. The smallest absolute Gasteiger partial charge is 0.287 e. The van der Waals surface area contributed by atoms with E-state index in [4.69, 9.17) is 4.42 Å². The van der Waals surface area contributed by atoms with Gasteiger partial charge in [0.2, 0.25) is 5.91 Å². The van der Waals surface area contributed by atoms with Crippen LogP contribution in [0.3, 0.4) is 0 Å². The molecule has 20 heavy (non-hydrogen) atoms. The van der Waals surface area contributed by atoms with Crippen LogP contribution in [0.5, 0.6) is 0 Å². The molecule has 0 aliphatic carbocycles. The van der Waals surface area contributed by atoms with Gasteiger partial charge in [-0.05, 0) is 31.4 Å². The Bertz CT molecular complexity index is 472. The maximum Gasteiger partial charge on any atom is 0.287 e. The van der Waals surface area contributed by atoms with E-state index in [0.29, 0.717) is 13.1 Å². The van der Waals surface area contributed by atoms with Crippen molar-refractivity contribution < 1.29 is 19.1 Å². The van der Waals surface area contributed by atoms with Gasteiger partial charge in [-0.1, -0.05) is 6.92 Å². The standard InChI is InChI=1S/C14H20N2O4/c1-9-5-6-16(8-11(9)17)14(19)10(2)15-13(18)12-4-3-7-20-12/h3-4,7,9-11,17H,5-6,8H2,1-2H3,(H,15,18). The molecule has 110 valence electrons. The molecule has 1 aliphatic rings. The van der Waals surface area contributed by atoms with Gasteiger partial charge in [0.15, 0.2) is 5.76 Å². The summed E-state index contributed by atoms with van der Waals surface area (Å²) in [6.45, 7) is 4.53. The van der Waals surface area contributed by atoms with Crippen molar-refractivity contribution >= 4 is 11.8 Å². The Kier molecular flexibility index (Phi) is 4.44. The first-order valence-corrected chi connectivity index (χ1v) is 6.80. The Balaban J connectivity index is 1.90. The van der Waals surface area contributed by atoms with E-state index in [9.17, 15) is 14.7 Å². The predicted molar refractivity (Wildman–Crippen MR) is 72.0 cm³/mol. The Hall–Kier alpha value is -1.82. The monoisotopic (exact) mass is 280 g/mol. The third kappa shape index (κ3) is 3.19. The molecule has 3 atom stereocenters. The molecule has 6 heteroatoms. The summed E-state index contributed by atoms with van der Waals surface area (Å²) in [5.74, 6) is -0.221. The van der Waals surface area contributed by atoms with Gasteiger partial charge in [0.1, 0.15) is 6.04 Å². The van der Waals surface area contributed by atoms with Gasteiger partial charge < -0.3 is 19.7 Å². The van der Waals surface area contributed by atoms with Crippen molar-refractivity contribution in [2.24, 2.45) is 5.92 Å². The van der Waals surface area contributed by atoms with E-state index in [0.717, 1.165) is 6.42 Å². The molecule has 2 amide bonds. The van der Waals surface area contributed by atoms with Crippen molar-refractivity contribution in [3.63, 3.8) is 0 Å². The SMILES string of the molecule is CC(NC(=O)c1ccco1)C(=O)N1CCC(C)C(O)C1. The maximum absolute atomic E-state index is 12.2. The molecule has 1 aliphatic heterocycles. The number of nitrogens with one attached hydrogen (secondary N) is 1. The molecule has 1 aromatic rings. The van der Waals surface area contributed by atoms with Gasteiger partial charge in [0.25, 0.3) is 5.91 Å². The van der Waals surface area contributed by atoms with Crippen LogP contribution in [0.1, 0.15) is 30.8 Å². The van der Waals surface area contributed by atoms with Gasteiger partial charge in [-0.2, -0.15) is 0 Å². The summed E-state index contributed by atoms with van der Waals surface area (Å²) in [4.78, 5) is 25.6. The van der Waals surface area contributed by atoms with Gasteiger partial charge in [-0.3, -0.25) is 9.59 Å². The lowest BCUT2D eigenvalue weighted by Crippen LogP contribution is -2.52. The molecular formula is C14H20N2O4. The van der Waals surface area contributed by atoms with Crippen LogP contribution in [0.4, 0.5) is 0 Å². The third-order valence-corrected chi connectivity index (χ3v) is 3.69. The van der Waals surface area contributed by atoms with E-state index in [-0.39, 0.29) is 17.6 Å². The fourth-order valence-electron chi connectivity index (χ4n) is 2.26. The average molecular weight is 280 g/mol. The Morgan fingerprint density at radius 1 is 1.55 bits per heavy atom. The molecule has 0 aromatic carbocycles. The lowest BCUT2D eigenvalue weighted by atomic mass is 9.95. The highest BCUT2D eigenvalue weighted by Gasteiger charge is 2.30. The molecule has 2 N–H and O–H groups in total. The highest BCUT2D eigenvalue weighted by atomic mass is 16.3. The topological polar surface area (TPSA) is 82.8 Å². The largest absolute Gasteiger partial charge is 0.459 e. The van der Waals surface area contributed by atoms with Gasteiger partial charge in [0, 0.05) is 13.1 Å². The van der Waals surface area contributed by atoms with Gasteiger partial charge in [-0.15, -0.1) is 0 Å². The molecule has 6 nitrogen and oxygen atoms in total. The molecule has 2 heterocycles. The zero-order valence-corrected chi connectivity index (χ0v) is 11.7. The maximum atomic E-state index is 12.2. The molecule has 1 fully saturated rings. The Morgan fingerprint density at radius 3 is 2.90 bits per heavy atom. The zero-order valence-electron chi connectivity index (χ0n) is 11.7. The molecule has 3 unspecified atom stereocenters. The third-order valence-electron chi connectivity index (χ3n) is 3.69. The first kappa shape index (κ1) is 14.6. The molecule has 2 rings (SSSR count). The normalized spacial score (nSPS) is 24.2. The average Bonchev–Trinajstić information content (AvgIpc) is 2.95. The lowest BCUT2D eigenvalue weighted by Gasteiger charge is -2.35. The number of likely N-dealkylation sites (tertiary alicyclic amines) is 1. The van der Waals surface area contributed by atoms with E-state index < -0.39 is 18.1 Å². The van der Waals surface area contributed by atoms with Crippen LogP contribution in [0, 0.1) is 5.92 Å². The molecule has 1 aromatic heterocycles. The van der Waals surface area contributed by atoms with Gasteiger partial charge in [0.05, 0.1) is 12.4 Å². The Morgan fingerprint density at radius 2 is 2.30 bits per heavy atom. The van der Waals surface area contributed by atoms with Gasteiger partial charge >= 0.3 is 0 Å². The number of carbonyl (C=O) groups is 2. The zero-order chi connectivity index (χ0) is 14.7. The second-order valence-electron chi connectivity index (χ2n) is 5.29. The quantitative estimate of drug-likeness (QED) is 0.850. The number of nitrogens with zero attached hydrogens (tertiary/aromatic N) is 1. The second-order valence-corrected chi connectivity index (χ2v) is 5.29. The van der Waals surface area contributed by atoms with E-state index in [1.807, 2.05) is 6.92 Å². The molecule has 0 bridgehead atoms. The van der Waals surface area contributed by atoms with Crippen LogP contribution in [-0.2, 0) is 4.79 Å². The highest BCUT2D eigenvalue weighted by Crippen LogP contribution is 2.17. The summed E-state index contributed by atoms with van der Waals surface area (Å²) in [5.41, 5.74) is 0. The van der Waals surface area contributed by atoms with Gasteiger partial charge in [-0.25, -0.2) is 0 Å². The Labute approximate surface area is 117 Å². The van der Waals surface area contributed by atoms with Crippen LogP contribution < -0.4 is 5.32 Å².